The van der Waals surface area contributed by atoms with Gasteiger partial charge in [0.05, 0.1) is 11.4 Å². The third kappa shape index (κ3) is 4.29. The van der Waals surface area contributed by atoms with Crippen LogP contribution in [-0.4, -0.2) is 56.3 Å². The standard InChI is InChI=1S/C23H29N3O3S/c1-17-5-3-8-22(18(17)2)24-23(27)16-25-11-13-26(14-12-25)30(28,29)21-10-9-19-6-4-7-20(19)15-21/h3,5,8-10,15H,4,6-7,11-14,16H2,1-2H3,(H,24,27). The Morgan fingerprint density at radius 2 is 1.73 bits per heavy atom. The number of sulfonamides is 1. The van der Waals surface area contributed by atoms with E-state index >= 15 is 0 Å². The van der Waals surface area contributed by atoms with Gasteiger partial charge < -0.3 is 5.32 Å². The molecule has 0 saturated carbocycles. The predicted octanol–water partition coefficient (Wildman–Crippen LogP) is 2.74. The minimum absolute atomic E-state index is 0.0707. The monoisotopic (exact) mass is 427 g/mol. The van der Waals surface area contributed by atoms with E-state index in [1.165, 1.54) is 5.56 Å². The van der Waals surface area contributed by atoms with Gasteiger partial charge in [-0.15, -0.1) is 0 Å². The van der Waals surface area contributed by atoms with E-state index in [2.05, 4.69) is 5.32 Å². The maximum atomic E-state index is 13.1. The number of hydrogen-bond donors (Lipinski definition) is 1. The zero-order chi connectivity index (χ0) is 21.3. The van der Waals surface area contributed by atoms with Gasteiger partial charge in [-0.25, -0.2) is 8.42 Å². The molecule has 0 aromatic heterocycles. The third-order valence-corrected chi connectivity index (χ3v) is 8.18. The van der Waals surface area contributed by atoms with Gasteiger partial charge in [-0.05, 0) is 73.6 Å². The number of anilines is 1. The van der Waals surface area contributed by atoms with E-state index in [9.17, 15) is 13.2 Å². The molecular formula is C23H29N3O3S. The Kier molecular flexibility index (Phi) is 5.95. The summed E-state index contributed by atoms with van der Waals surface area (Å²) >= 11 is 0. The number of piperazine rings is 1. The summed E-state index contributed by atoms with van der Waals surface area (Å²) in [5.41, 5.74) is 5.47. The molecule has 2 aromatic carbocycles. The average molecular weight is 428 g/mol. The maximum Gasteiger partial charge on any atom is 0.243 e. The zero-order valence-corrected chi connectivity index (χ0v) is 18.5. The summed E-state index contributed by atoms with van der Waals surface area (Å²) in [5.74, 6) is -0.0707. The van der Waals surface area contributed by atoms with Gasteiger partial charge in [-0.2, -0.15) is 4.31 Å². The largest absolute Gasteiger partial charge is 0.325 e. The summed E-state index contributed by atoms with van der Waals surface area (Å²) in [6, 6.07) is 11.4. The molecule has 7 heteroatoms. The number of aryl methyl sites for hydroxylation is 3. The molecule has 6 nitrogen and oxygen atoms in total. The van der Waals surface area contributed by atoms with Crippen molar-refractivity contribution in [3.05, 3.63) is 58.7 Å². The molecule has 0 unspecified atom stereocenters. The van der Waals surface area contributed by atoms with E-state index in [0.29, 0.717) is 31.1 Å². The zero-order valence-electron chi connectivity index (χ0n) is 17.6. The fourth-order valence-corrected chi connectivity index (χ4v) is 5.74. The minimum Gasteiger partial charge on any atom is -0.325 e. The van der Waals surface area contributed by atoms with Crippen LogP contribution in [0.5, 0.6) is 0 Å². The lowest BCUT2D eigenvalue weighted by Crippen LogP contribution is -2.50. The van der Waals surface area contributed by atoms with Crippen molar-refractivity contribution in [1.29, 1.82) is 0 Å². The van der Waals surface area contributed by atoms with Crippen LogP contribution in [0.4, 0.5) is 5.69 Å². The van der Waals surface area contributed by atoms with E-state index in [1.807, 2.05) is 49.1 Å². The van der Waals surface area contributed by atoms with Crippen LogP contribution in [0.2, 0.25) is 0 Å². The number of benzene rings is 2. The highest BCUT2D eigenvalue weighted by molar-refractivity contribution is 7.89. The van der Waals surface area contributed by atoms with E-state index in [0.717, 1.165) is 41.6 Å². The van der Waals surface area contributed by atoms with E-state index in [1.54, 1.807) is 10.4 Å². The molecule has 2 aliphatic rings. The number of nitrogens with one attached hydrogen (secondary N) is 1. The quantitative estimate of drug-likeness (QED) is 0.797. The molecule has 1 heterocycles. The lowest BCUT2D eigenvalue weighted by molar-refractivity contribution is -0.117. The Labute approximate surface area is 178 Å². The van der Waals surface area contributed by atoms with Gasteiger partial charge in [0, 0.05) is 31.9 Å². The second-order valence-corrected chi connectivity index (χ2v) is 10.2. The summed E-state index contributed by atoms with van der Waals surface area (Å²) < 4.78 is 27.7. The van der Waals surface area contributed by atoms with Crippen molar-refractivity contribution in [2.75, 3.05) is 38.0 Å². The molecular weight excluding hydrogens is 398 g/mol. The van der Waals surface area contributed by atoms with Crippen LogP contribution >= 0.6 is 0 Å². The molecule has 1 amide bonds. The van der Waals surface area contributed by atoms with E-state index in [-0.39, 0.29) is 12.5 Å². The van der Waals surface area contributed by atoms with Crippen LogP contribution in [0.15, 0.2) is 41.3 Å². The van der Waals surface area contributed by atoms with Crippen molar-refractivity contribution >= 4 is 21.6 Å². The molecule has 4 rings (SSSR count). The van der Waals surface area contributed by atoms with Crippen molar-refractivity contribution in [1.82, 2.24) is 9.21 Å². The highest BCUT2D eigenvalue weighted by Gasteiger charge is 2.30. The predicted molar refractivity (Wildman–Crippen MR) is 118 cm³/mol. The van der Waals surface area contributed by atoms with Crippen molar-refractivity contribution in [2.24, 2.45) is 0 Å². The Balaban J connectivity index is 1.34. The first-order chi connectivity index (χ1) is 14.3. The van der Waals surface area contributed by atoms with Crippen LogP contribution in [0.3, 0.4) is 0 Å². The SMILES string of the molecule is Cc1cccc(NC(=O)CN2CCN(S(=O)(=O)c3ccc4c(c3)CCC4)CC2)c1C. The number of carbonyl (C=O) groups excluding carboxylic acids is 1. The Morgan fingerprint density at radius 3 is 2.50 bits per heavy atom. The molecule has 0 spiro atoms. The molecule has 1 aliphatic carbocycles. The first-order valence-corrected chi connectivity index (χ1v) is 12.0. The van der Waals surface area contributed by atoms with Gasteiger partial charge in [0.1, 0.15) is 0 Å². The van der Waals surface area contributed by atoms with Gasteiger partial charge in [-0.3, -0.25) is 9.69 Å². The highest BCUT2D eigenvalue weighted by atomic mass is 32.2. The van der Waals surface area contributed by atoms with Gasteiger partial charge in [0.25, 0.3) is 0 Å². The summed E-state index contributed by atoms with van der Waals surface area (Å²) in [4.78, 5) is 14.9. The first-order valence-electron chi connectivity index (χ1n) is 10.5. The normalized spacial score (nSPS) is 17.7. The molecule has 0 radical (unpaired) electrons. The van der Waals surface area contributed by atoms with Crippen molar-refractivity contribution in [3.63, 3.8) is 0 Å². The number of hydrogen-bond acceptors (Lipinski definition) is 4. The smallest absolute Gasteiger partial charge is 0.243 e. The highest BCUT2D eigenvalue weighted by Crippen LogP contribution is 2.26. The molecule has 160 valence electrons. The first kappa shape index (κ1) is 21.0. The summed E-state index contributed by atoms with van der Waals surface area (Å²) in [5, 5.41) is 2.98. The van der Waals surface area contributed by atoms with Crippen LogP contribution in [-0.2, 0) is 27.7 Å². The molecule has 1 N–H and O–H groups in total. The van der Waals surface area contributed by atoms with E-state index < -0.39 is 10.0 Å². The second kappa shape index (κ2) is 8.49. The summed E-state index contributed by atoms with van der Waals surface area (Å²) in [6.07, 6.45) is 3.10. The number of fused-ring (bicyclic) bond motifs is 1. The third-order valence-electron chi connectivity index (χ3n) is 6.28. The number of amides is 1. The molecule has 1 fully saturated rings. The molecule has 1 saturated heterocycles. The van der Waals surface area contributed by atoms with Gasteiger partial charge in [0.15, 0.2) is 0 Å². The molecule has 30 heavy (non-hydrogen) atoms. The van der Waals surface area contributed by atoms with Crippen LogP contribution in [0, 0.1) is 13.8 Å². The second-order valence-electron chi connectivity index (χ2n) is 8.26. The van der Waals surface area contributed by atoms with Crippen molar-refractivity contribution in [2.45, 2.75) is 38.0 Å². The van der Waals surface area contributed by atoms with Crippen LogP contribution in [0.25, 0.3) is 0 Å². The average Bonchev–Trinajstić information content (AvgIpc) is 3.20. The lowest BCUT2D eigenvalue weighted by atomic mass is 10.1. The van der Waals surface area contributed by atoms with Crippen molar-refractivity contribution in [3.8, 4) is 0 Å². The van der Waals surface area contributed by atoms with Gasteiger partial charge >= 0.3 is 0 Å². The summed E-state index contributed by atoms with van der Waals surface area (Å²) in [6.45, 7) is 6.17. The lowest BCUT2D eigenvalue weighted by Gasteiger charge is -2.33. The Hall–Kier alpha value is -2.22. The number of rotatable bonds is 5. The number of carbonyl (C=O) groups is 1. The molecule has 0 bridgehead atoms. The topological polar surface area (TPSA) is 69.7 Å². The van der Waals surface area contributed by atoms with E-state index in [4.69, 9.17) is 0 Å². The molecule has 0 atom stereocenters. The fraction of sp³-hybridized carbons (Fsp3) is 0.435. The minimum atomic E-state index is -3.49. The Morgan fingerprint density at radius 1 is 1.00 bits per heavy atom. The van der Waals surface area contributed by atoms with Crippen LogP contribution in [0.1, 0.15) is 28.7 Å². The fourth-order valence-electron chi connectivity index (χ4n) is 4.27. The molecule has 2 aromatic rings. The van der Waals surface area contributed by atoms with Crippen molar-refractivity contribution < 1.29 is 13.2 Å². The van der Waals surface area contributed by atoms with Gasteiger partial charge in [-0.1, -0.05) is 18.2 Å². The Bertz CT molecular complexity index is 1060. The van der Waals surface area contributed by atoms with Crippen LogP contribution < -0.4 is 5.32 Å². The summed E-state index contributed by atoms with van der Waals surface area (Å²) in [7, 11) is -3.49. The molecule has 1 aliphatic heterocycles. The van der Waals surface area contributed by atoms with Gasteiger partial charge in [0.2, 0.25) is 15.9 Å². The maximum absolute atomic E-state index is 13.1. The number of nitrogens with zero attached hydrogens (tertiary/aromatic N) is 2.